The first-order valence-corrected chi connectivity index (χ1v) is 5.91. The van der Waals surface area contributed by atoms with Gasteiger partial charge in [-0.25, -0.2) is 0 Å². The Kier molecular flexibility index (Phi) is 2.16. The lowest BCUT2D eigenvalue weighted by atomic mass is 10.3. The molecule has 0 saturated carbocycles. The van der Waals surface area contributed by atoms with Crippen molar-refractivity contribution in [2.24, 2.45) is 0 Å². The lowest BCUT2D eigenvalue weighted by Gasteiger charge is -2.04. The van der Waals surface area contributed by atoms with Crippen LogP contribution in [0.15, 0.2) is 46.2 Å². The number of furan rings is 1. The van der Waals surface area contributed by atoms with Crippen molar-refractivity contribution in [3.8, 4) is 0 Å². The van der Waals surface area contributed by atoms with Gasteiger partial charge in [-0.3, -0.25) is 4.79 Å². The molecule has 98 valence electrons. The van der Waals surface area contributed by atoms with Crippen LogP contribution in [0.5, 0.6) is 0 Å². The van der Waals surface area contributed by atoms with Crippen molar-refractivity contribution >= 4 is 16.8 Å². The smallest absolute Gasteiger partial charge is 0.281 e. The Labute approximate surface area is 111 Å². The van der Waals surface area contributed by atoms with Crippen molar-refractivity contribution in [2.75, 3.05) is 0 Å². The van der Waals surface area contributed by atoms with Crippen LogP contribution in [0.3, 0.4) is 0 Å². The zero-order valence-electron chi connectivity index (χ0n) is 10.2. The SMILES string of the molecule is O=c1c2nnc3ncnn3c2ccn1Cc1ccco1. The maximum absolute atomic E-state index is 12.4. The van der Waals surface area contributed by atoms with Gasteiger partial charge in [-0.05, 0) is 18.2 Å². The number of nitrogens with zero attached hydrogens (tertiary/aromatic N) is 6. The molecule has 0 N–H and O–H groups in total. The van der Waals surface area contributed by atoms with Gasteiger partial charge in [0.2, 0.25) is 0 Å². The van der Waals surface area contributed by atoms with Gasteiger partial charge >= 0.3 is 0 Å². The van der Waals surface area contributed by atoms with Crippen LogP contribution in [0.25, 0.3) is 16.8 Å². The lowest BCUT2D eigenvalue weighted by Crippen LogP contribution is -2.22. The highest BCUT2D eigenvalue weighted by Crippen LogP contribution is 2.08. The summed E-state index contributed by atoms with van der Waals surface area (Å²) in [5.41, 5.74) is 0.578. The van der Waals surface area contributed by atoms with E-state index in [1.54, 1.807) is 24.6 Å². The molecule has 0 amide bonds. The van der Waals surface area contributed by atoms with Gasteiger partial charge < -0.3 is 8.98 Å². The van der Waals surface area contributed by atoms with Crippen LogP contribution in [0.2, 0.25) is 0 Å². The van der Waals surface area contributed by atoms with Gasteiger partial charge in [0.1, 0.15) is 17.6 Å². The Morgan fingerprint density at radius 1 is 1.25 bits per heavy atom. The maximum Gasteiger partial charge on any atom is 0.281 e. The molecule has 4 rings (SSSR count). The first kappa shape index (κ1) is 10.9. The molecule has 8 nitrogen and oxygen atoms in total. The summed E-state index contributed by atoms with van der Waals surface area (Å²) in [5, 5.41) is 11.8. The summed E-state index contributed by atoms with van der Waals surface area (Å²) in [4.78, 5) is 16.3. The molecule has 4 heterocycles. The topological polar surface area (TPSA) is 91.1 Å². The second kappa shape index (κ2) is 3.98. The zero-order valence-corrected chi connectivity index (χ0v) is 10.2. The standard InChI is InChI=1S/C12H8N6O2/c19-11-10-9(18-12(16-15-10)13-7-14-18)3-4-17(11)6-8-2-1-5-20-8/h1-5,7H,6H2. The highest BCUT2D eigenvalue weighted by Gasteiger charge is 2.10. The van der Waals surface area contributed by atoms with Crippen LogP contribution in [-0.2, 0) is 6.54 Å². The molecule has 0 aliphatic heterocycles. The third-order valence-corrected chi connectivity index (χ3v) is 3.02. The van der Waals surface area contributed by atoms with E-state index in [0.717, 1.165) is 0 Å². The Balaban J connectivity index is 1.94. The van der Waals surface area contributed by atoms with E-state index in [1.807, 2.05) is 6.07 Å². The Morgan fingerprint density at radius 3 is 3.05 bits per heavy atom. The molecule has 4 aromatic heterocycles. The van der Waals surface area contributed by atoms with Crippen molar-refractivity contribution < 1.29 is 4.42 Å². The van der Waals surface area contributed by atoms with Crippen molar-refractivity contribution in [1.82, 2.24) is 29.4 Å². The maximum atomic E-state index is 12.4. The monoisotopic (exact) mass is 268 g/mol. The van der Waals surface area contributed by atoms with Crippen molar-refractivity contribution in [2.45, 2.75) is 6.54 Å². The van der Waals surface area contributed by atoms with Crippen LogP contribution in [0.1, 0.15) is 5.76 Å². The Morgan fingerprint density at radius 2 is 2.20 bits per heavy atom. The molecule has 0 atom stereocenters. The van der Waals surface area contributed by atoms with Crippen LogP contribution in [0.4, 0.5) is 0 Å². The number of aromatic nitrogens is 6. The van der Waals surface area contributed by atoms with Gasteiger partial charge in [0, 0.05) is 6.20 Å². The molecule has 0 aromatic carbocycles. The van der Waals surface area contributed by atoms with Gasteiger partial charge in [0.25, 0.3) is 11.3 Å². The van der Waals surface area contributed by atoms with Crippen LogP contribution < -0.4 is 5.56 Å². The normalized spacial score (nSPS) is 11.4. The number of rotatable bonds is 2. The van der Waals surface area contributed by atoms with Gasteiger partial charge in [0.15, 0.2) is 5.52 Å². The van der Waals surface area contributed by atoms with E-state index < -0.39 is 0 Å². The summed E-state index contributed by atoms with van der Waals surface area (Å²) in [7, 11) is 0. The van der Waals surface area contributed by atoms with E-state index in [0.29, 0.717) is 23.6 Å². The van der Waals surface area contributed by atoms with Gasteiger partial charge in [-0.1, -0.05) is 0 Å². The second-order valence-electron chi connectivity index (χ2n) is 4.23. The lowest BCUT2D eigenvalue weighted by molar-refractivity contribution is 0.490. The van der Waals surface area contributed by atoms with Crippen molar-refractivity contribution in [1.29, 1.82) is 0 Å². The first-order chi connectivity index (χ1) is 9.83. The van der Waals surface area contributed by atoms with Gasteiger partial charge in [0.05, 0.1) is 12.8 Å². The minimum Gasteiger partial charge on any atom is -0.467 e. The second-order valence-corrected chi connectivity index (χ2v) is 4.23. The minimum absolute atomic E-state index is 0.246. The highest BCUT2D eigenvalue weighted by atomic mass is 16.3. The molecule has 0 spiro atoms. The van der Waals surface area contributed by atoms with E-state index in [-0.39, 0.29) is 11.1 Å². The number of hydrogen-bond acceptors (Lipinski definition) is 6. The largest absolute Gasteiger partial charge is 0.467 e. The third-order valence-electron chi connectivity index (χ3n) is 3.02. The summed E-state index contributed by atoms with van der Waals surface area (Å²) in [6.07, 6.45) is 4.62. The van der Waals surface area contributed by atoms with Crippen LogP contribution >= 0.6 is 0 Å². The van der Waals surface area contributed by atoms with E-state index in [2.05, 4.69) is 20.3 Å². The number of pyridine rings is 1. The molecule has 0 aliphatic rings. The summed E-state index contributed by atoms with van der Waals surface area (Å²) in [6.45, 7) is 0.346. The Bertz CT molecular complexity index is 953. The third kappa shape index (κ3) is 1.51. The Hall–Kier alpha value is -3.03. The van der Waals surface area contributed by atoms with E-state index in [9.17, 15) is 4.79 Å². The fraction of sp³-hybridized carbons (Fsp3) is 0.0833. The quantitative estimate of drug-likeness (QED) is 0.525. The molecule has 0 unspecified atom stereocenters. The predicted octanol–water partition coefficient (Wildman–Crippen LogP) is 0.475. The van der Waals surface area contributed by atoms with Crippen LogP contribution in [0, 0.1) is 0 Å². The summed E-state index contributed by atoms with van der Waals surface area (Å²) < 4.78 is 8.24. The molecule has 0 bridgehead atoms. The molecule has 8 heteroatoms. The first-order valence-electron chi connectivity index (χ1n) is 5.91. The average Bonchev–Trinajstić information content (AvgIpc) is 3.12. The molecule has 20 heavy (non-hydrogen) atoms. The predicted molar refractivity (Wildman–Crippen MR) is 68.2 cm³/mol. The van der Waals surface area contributed by atoms with E-state index >= 15 is 0 Å². The fourth-order valence-electron chi connectivity index (χ4n) is 2.08. The van der Waals surface area contributed by atoms with E-state index in [1.165, 1.54) is 15.4 Å². The summed E-state index contributed by atoms with van der Waals surface area (Å²) >= 11 is 0. The molecular weight excluding hydrogens is 260 g/mol. The van der Waals surface area contributed by atoms with E-state index in [4.69, 9.17) is 4.42 Å². The van der Waals surface area contributed by atoms with Crippen LogP contribution in [-0.4, -0.2) is 29.4 Å². The molecule has 4 aromatic rings. The number of fused-ring (bicyclic) bond motifs is 3. The molecule has 0 aliphatic carbocycles. The minimum atomic E-state index is -0.246. The molecule has 0 fully saturated rings. The summed E-state index contributed by atoms with van der Waals surface area (Å²) in [5.74, 6) is 1.06. The highest BCUT2D eigenvalue weighted by molar-refractivity contribution is 5.74. The van der Waals surface area contributed by atoms with Gasteiger partial charge in [-0.2, -0.15) is 14.6 Å². The van der Waals surface area contributed by atoms with Crippen molar-refractivity contribution in [3.63, 3.8) is 0 Å². The fourth-order valence-corrected chi connectivity index (χ4v) is 2.08. The average molecular weight is 268 g/mol. The van der Waals surface area contributed by atoms with Gasteiger partial charge in [-0.15, -0.1) is 10.2 Å². The zero-order chi connectivity index (χ0) is 13.5. The molecular formula is C12H8N6O2. The van der Waals surface area contributed by atoms with Crippen molar-refractivity contribution in [3.05, 3.63) is 53.1 Å². The number of hydrogen-bond donors (Lipinski definition) is 0. The molecule has 0 radical (unpaired) electrons. The summed E-state index contributed by atoms with van der Waals surface area (Å²) in [6, 6.07) is 5.35. The molecule has 0 saturated heterocycles.